The van der Waals surface area contributed by atoms with Crippen LogP contribution in [0.25, 0.3) is 0 Å². The van der Waals surface area contributed by atoms with Gasteiger partial charge in [0.05, 0.1) is 27.7 Å². The molecule has 0 fully saturated rings. The zero-order valence-corrected chi connectivity index (χ0v) is 16.7. The summed E-state index contributed by atoms with van der Waals surface area (Å²) in [5.41, 5.74) is -0.129. The van der Waals surface area contributed by atoms with E-state index >= 15 is 0 Å². The summed E-state index contributed by atoms with van der Waals surface area (Å²) in [6.07, 6.45) is 1.02. The van der Waals surface area contributed by atoms with Crippen molar-refractivity contribution < 1.29 is 22.0 Å². The number of halogens is 4. The van der Waals surface area contributed by atoms with Gasteiger partial charge < -0.3 is 5.32 Å². The van der Waals surface area contributed by atoms with E-state index in [-0.39, 0.29) is 27.8 Å². The average molecular weight is 437 g/mol. The molecule has 27 heavy (non-hydrogen) atoms. The van der Waals surface area contributed by atoms with Crippen LogP contribution in [0, 0.1) is 11.6 Å². The molecule has 1 amide bonds. The molecule has 2 aromatic carbocycles. The molecule has 0 aromatic heterocycles. The van der Waals surface area contributed by atoms with E-state index < -0.39 is 33.6 Å². The summed E-state index contributed by atoms with van der Waals surface area (Å²) in [5.74, 6) is -2.55. The van der Waals surface area contributed by atoms with E-state index in [1.54, 1.807) is 6.92 Å². The number of amides is 1. The quantitative estimate of drug-likeness (QED) is 0.726. The maximum absolute atomic E-state index is 13.8. The van der Waals surface area contributed by atoms with Crippen molar-refractivity contribution in [2.75, 3.05) is 15.9 Å². The first-order chi connectivity index (χ1) is 12.5. The fraction of sp³-hybridized carbons (Fsp3) is 0.235. The van der Waals surface area contributed by atoms with Crippen LogP contribution < -0.4 is 9.62 Å². The number of nitrogens with one attached hydrogen (secondary N) is 1. The predicted molar refractivity (Wildman–Crippen MR) is 103 cm³/mol. The Morgan fingerprint density at radius 2 is 1.81 bits per heavy atom. The Morgan fingerprint density at radius 3 is 2.33 bits per heavy atom. The number of benzene rings is 2. The molecule has 0 saturated carbocycles. The van der Waals surface area contributed by atoms with Gasteiger partial charge in [-0.1, -0.05) is 30.1 Å². The van der Waals surface area contributed by atoms with Crippen molar-refractivity contribution in [3.63, 3.8) is 0 Å². The topological polar surface area (TPSA) is 66.5 Å². The van der Waals surface area contributed by atoms with E-state index in [1.807, 2.05) is 0 Å². The molecule has 1 atom stereocenters. The van der Waals surface area contributed by atoms with Crippen LogP contribution in [0.15, 0.2) is 36.4 Å². The lowest BCUT2D eigenvalue weighted by Crippen LogP contribution is -2.47. The summed E-state index contributed by atoms with van der Waals surface area (Å²) in [4.78, 5) is 12.7. The van der Waals surface area contributed by atoms with Gasteiger partial charge in [0, 0.05) is 6.07 Å². The Kier molecular flexibility index (Phi) is 6.67. The maximum Gasteiger partial charge on any atom is 0.248 e. The number of rotatable bonds is 6. The third kappa shape index (κ3) is 5.09. The largest absolute Gasteiger partial charge is 0.322 e. The lowest BCUT2D eigenvalue weighted by molar-refractivity contribution is -0.117. The minimum absolute atomic E-state index is 0.0853. The highest BCUT2D eigenvalue weighted by molar-refractivity contribution is 7.92. The highest BCUT2D eigenvalue weighted by atomic mass is 35.5. The summed E-state index contributed by atoms with van der Waals surface area (Å²) >= 11 is 11.8. The molecule has 2 rings (SSSR count). The summed E-state index contributed by atoms with van der Waals surface area (Å²) in [7, 11) is -3.90. The average Bonchev–Trinajstić information content (AvgIpc) is 2.56. The van der Waals surface area contributed by atoms with E-state index in [9.17, 15) is 22.0 Å². The number of hydrogen-bond donors (Lipinski definition) is 1. The van der Waals surface area contributed by atoms with Crippen molar-refractivity contribution >= 4 is 50.5 Å². The number of carbonyl (C=O) groups is 1. The third-order valence-electron chi connectivity index (χ3n) is 3.68. The van der Waals surface area contributed by atoms with Crippen molar-refractivity contribution in [2.45, 2.75) is 19.4 Å². The molecule has 146 valence electrons. The monoisotopic (exact) mass is 436 g/mol. The SMILES string of the molecule is CC[C@@H](C(=O)Nc1ccc(F)cc1F)N(c1ccc(Cl)c(Cl)c1)S(C)(=O)=O. The fourth-order valence-corrected chi connectivity index (χ4v) is 3.99. The van der Waals surface area contributed by atoms with Crippen molar-refractivity contribution in [3.8, 4) is 0 Å². The van der Waals surface area contributed by atoms with Crippen LogP contribution in [-0.4, -0.2) is 26.6 Å². The fourth-order valence-electron chi connectivity index (χ4n) is 2.49. The van der Waals surface area contributed by atoms with Crippen LogP contribution >= 0.6 is 23.2 Å². The van der Waals surface area contributed by atoms with Gasteiger partial charge in [-0.3, -0.25) is 9.10 Å². The van der Waals surface area contributed by atoms with E-state index in [0.29, 0.717) is 6.07 Å². The summed E-state index contributed by atoms with van der Waals surface area (Å²) in [5, 5.41) is 2.63. The van der Waals surface area contributed by atoms with Gasteiger partial charge in [0.2, 0.25) is 15.9 Å². The van der Waals surface area contributed by atoms with Gasteiger partial charge in [0.25, 0.3) is 0 Å². The molecule has 0 heterocycles. The van der Waals surface area contributed by atoms with Crippen molar-refractivity contribution in [2.24, 2.45) is 0 Å². The minimum atomic E-state index is -3.90. The normalized spacial score (nSPS) is 12.5. The highest BCUT2D eigenvalue weighted by Gasteiger charge is 2.32. The van der Waals surface area contributed by atoms with Crippen LogP contribution in [0.1, 0.15) is 13.3 Å². The van der Waals surface area contributed by atoms with Crippen LogP contribution in [0.5, 0.6) is 0 Å². The van der Waals surface area contributed by atoms with Crippen LogP contribution in [-0.2, 0) is 14.8 Å². The van der Waals surface area contributed by atoms with Crippen LogP contribution in [0.3, 0.4) is 0 Å². The van der Waals surface area contributed by atoms with E-state index in [0.717, 1.165) is 22.7 Å². The Balaban J connectivity index is 2.42. The molecule has 10 heteroatoms. The molecule has 0 spiro atoms. The van der Waals surface area contributed by atoms with Crippen LogP contribution in [0.4, 0.5) is 20.2 Å². The molecule has 1 N–H and O–H groups in total. The smallest absolute Gasteiger partial charge is 0.248 e. The minimum Gasteiger partial charge on any atom is -0.322 e. The number of hydrogen-bond acceptors (Lipinski definition) is 3. The molecule has 0 aliphatic rings. The molecule has 0 saturated heterocycles. The third-order valence-corrected chi connectivity index (χ3v) is 5.60. The van der Waals surface area contributed by atoms with Crippen molar-refractivity contribution in [1.82, 2.24) is 0 Å². The number of anilines is 2. The molecular formula is C17H16Cl2F2N2O3S. The molecule has 0 aliphatic carbocycles. The summed E-state index contributed by atoms with van der Waals surface area (Å²) < 4.78 is 52.4. The lowest BCUT2D eigenvalue weighted by atomic mass is 10.1. The Morgan fingerprint density at radius 1 is 1.15 bits per heavy atom. The molecule has 2 aromatic rings. The summed E-state index contributed by atoms with van der Waals surface area (Å²) in [6.45, 7) is 1.60. The molecular weight excluding hydrogens is 421 g/mol. The Labute approximate surface area is 165 Å². The van der Waals surface area contributed by atoms with Crippen molar-refractivity contribution in [1.29, 1.82) is 0 Å². The second kappa shape index (κ2) is 8.41. The van der Waals surface area contributed by atoms with E-state index in [4.69, 9.17) is 23.2 Å². The van der Waals surface area contributed by atoms with Gasteiger partial charge in [-0.25, -0.2) is 17.2 Å². The Bertz CT molecular complexity index is 971. The molecule has 0 radical (unpaired) electrons. The first-order valence-electron chi connectivity index (χ1n) is 7.75. The molecule has 0 aliphatic heterocycles. The zero-order valence-electron chi connectivity index (χ0n) is 14.3. The van der Waals surface area contributed by atoms with Gasteiger partial charge in [-0.05, 0) is 36.8 Å². The second-order valence-electron chi connectivity index (χ2n) is 5.69. The highest BCUT2D eigenvalue weighted by Crippen LogP contribution is 2.30. The maximum atomic E-state index is 13.8. The molecule has 0 unspecified atom stereocenters. The van der Waals surface area contributed by atoms with Gasteiger partial charge in [-0.2, -0.15) is 0 Å². The van der Waals surface area contributed by atoms with Gasteiger partial charge in [0.15, 0.2) is 0 Å². The predicted octanol–water partition coefficient (Wildman–Crippen LogP) is 4.45. The number of nitrogens with zero attached hydrogens (tertiary/aromatic N) is 1. The van der Waals surface area contributed by atoms with Gasteiger partial charge in [0.1, 0.15) is 17.7 Å². The van der Waals surface area contributed by atoms with Crippen molar-refractivity contribution in [3.05, 3.63) is 58.1 Å². The lowest BCUT2D eigenvalue weighted by Gasteiger charge is -2.30. The van der Waals surface area contributed by atoms with E-state index in [2.05, 4.69) is 5.32 Å². The van der Waals surface area contributed by atoms with Crippen LogP contribution in [0.2, 0.25) is 10.0 Å². The molecule has 5 nitrogen and oxygen atoms in total. The number of carbonyl (C=O) groups excluding carboxylic acids is 1. The van der Waals surface area contributed by atoms with Gasteiger partial charge in [-0.15, -0.1) is 0 Å². The summed E-state index contributed by atoms with van der Waals surface area (Å²) in [6, 6.07) is 5.59. The molecule has 0 bridgehead atoms. The Hall–Kier alpha value is -1.90. The number of sulfonamides is 1. The van der Waals surface area contributed by atoms with Gasteiger partial charge >= 0.3 is 0 Å². The zero-order chi connectivity index (χ0) is 20.4. The second-order valence-corrected chi connectivity index (χ2v) is 8.37. The first kappa shape index (κ1) is 21.4. The van der Waals surface area contributed by atoms with E-state index in [1.165, 1.54) is 18.2 Å². The first-order valence-corrected chi connectivity index (χ1v) is 10.4. The standard InChI is InChI=1S/C17H16Cl2F2N2O3S/c1-3-16(17(24)22-15-7-4-10(20)8-14(15)21)23(27(2,25)26)11-5-6-12(18)13(19)9-11/h4-9,16H,3H2,1-2H3,(H,22,24)/t16-/m0/s1.